The SMILES string of the molecule is CC(NS(=O)(=O)CC1CCOC1)C(c1ccccc1)N(C)C. The molecule has 1 heterocycles. The van der Waals surface area contributed by atoms with E-state index >= 15 is 0 Å². The van der Waals surface area contributed by atoms with Crippen LogP contribution in [0.1, 0.15) is 24.9 Å². The summed E-state index contributed by atoms with van der Waals surface area (Å²) >= 11 is 0. The highest BCUT2D eigenvalue weighted by Crippen LogP contribution is 2.23. The Morgan fingerprint density at radius 2 is 2.00 bits per heavy atom. The molecule has 3 atom stereocenters. The first-order valence-corrected chi connectivity index (χ1v) is 9.33. The van der Waals surface area contributed by atoms with E-state index in [1.807, 2.05) is 56.3 Å². The van der Waals surface area contributed by atoms with E-state index in [0.717, 1.165) is 12.0 Å². The van der Waals surface area contributed by atoms with Gasteiger partial charge in [-0.2, -0.15) is 0 Å². The van der Waals surface area contributed by atoms with E-state index in [2.05, 4.69) is 4.72 Å². The Labute approximate surface area is 133 Å². The standard InChI is InChI=1S/C16H26N2O3S/c1-13(16(18(2)3)15-7-5-4-6-8-15)17-22(19,20)12-14-9-10-21-11-14/h4-8,13-14,16-17H,9-12H2,1-3H3. The molecule has 1 aromatic carbocycles. The lowest BCUT2D eigenvalue weighted by Gasteiger charge is -2.31. The normalized spacial score (nSPS) is 21.9. The summed E-state index contributed by atoms with van der Waals surface area (Å²) < 4.78 is 32.8. The van der Waals surface area contributed by atoms with Crippen LogP contribution < -0.4 is 4.72 Å². The Morgan fingerprint density at radius 3 is 2.55 bits per heavy atom. The molecule has 0 spiro atoms. The average molecular weight is 326 g/mol. The number of rotatable bonds is 7. The Kier molecular flexibility index (Phi) is 5.97. The Bertz CT molecular complexity index is 554. The van der Waals surface area contributed by atoms with Crippen LogP contribution in [0.25, 0.3) is 0 Å². The zero-order chi connectivity index (χ0) is 16.2. The first kappa shape index (κ1) is 17.4. The largest absolute Gasteiger partial charge is 0.381 e. The van der Waals surface area contributed by atoms with Crippen molar-refractivity contribution in [3.05, 3.63) is 35.9 Å². The summed E-state index contributed by atoms with van der Waals surface area (Å²) in [6.45, 7) is 3.13. The lowest BCUT2D eigenvalue weighted by atomic mass is 10.0. The van der Waals surface area contributed by atoms with Gasteiger partial charge in [0.1, 0.15) is 0 Å². The van der Waals surface area contributed by atoms with E-state index in [1.54, 1.807) is 0 Å². The Morgan fingerprint density at radius 1 is 1.32 bits per heavy atom. The van der Waals surface area contributed by atoms with Crippen molar-refractivity contribution in [2.75, 3.05) is 33.1 Å². The summed E-state index contributed by atoms with van der Waals surface area (Å²) in [5.41, 5.74) is 1.10. The first-order chi connectivity index (χ1) is 10.4. The molecule has 22 heavy (non-hydrogen) atoms. The molecule has 1 aromatic rings. The maximum Gasteiger partial charge on any atom is 0.212 e. The molecular weight excluding hydrogens is 300 g/mol. The summed E-state index contributed by atoms with van der Waals surface area (Å²) in [5, 5.41) is 0. The molecule has 1 aliphatic heterocycles. The molecule has 1 saturated heterocycles. The van der Waals surface area contributed by atoms with Crippen LogP contribution in [0, 0.1) is 5.92 Å². The Hall–Kier alpha value is -0.950. The summed E-state index contributed by atoms with van der Waals surface area (Å²) in [5.74, 6) is 0.256. The van der Waals surface area contributed by atoms with Gasteiger partial charge in [0.25, 0.3) is 0 Å². The molecule has 0 aromatic heterocycles. The minimum atomic E-state index is -3.31. The molecule has 1 fully saturated rings. The van der Waals surface area contributed by atoms with Crippen LogP contribution in [-0.4, -0.2) is 52.4 Å². The maximum atomic E-state index is 12.4. The number of ether oxygens (including phenoxy) is 1. The van der Waals surface area contributed by atoms with Crippen LogP contribution >= 0.6 is 0 Å². The molecule has 1 aliphatic rings. The number of hydrogen-bond donors (Lipinski definition) is 1. The molecule has 3 unspecified atom stereocenters. The molecular formula is C16H26N2O3S. The summed E-state index contributed by atoms with van der Waals surface area (Å²) in [4.78, 5) is 2.04. The van der Waals surface area contributed by atoms with E-state index in [4.69, 9.17) is 4.74 Å². The van der Waals surface area contributed by atoms with Gasteiger partial charge in [-0.25, -0.2) is 13.1 Å². The van der Waals surface area contributed by atoms with Crippen LogP contribution in [-0.2, 0) is 14.8 Å². The quantitative estimate of drug-likeness (QED) is 0.827. The minimum absolute atomic E-state index is 0.00389. The second kappa shape index (κ2) is 7.55. The third-order valence-corrected chi connectivity index (χ3v) is 5.66. The van der Waals surface area contributed by atoms with Crippen LogP contribution in [0.3, 0.4) is 0 Å². The molecule has 0 saturated carbocycles. The van der Waals surface area contributed by atoms with E-state index in [9.17, 15) is 8.42 Å². The van der Waals surface area contributed by atoms with Crippen LogP contribution in [0.4, 0.5) is 0 Å². The number of hydrogen-bond acceptors (Lipinski definition) is 4. The highest BCUT2D eigenvalue weighted by molar-refractivity contribution is 7.89. The van der Waals surface area contributed by atoms with E-state index in [1.165, 1.54) is 0 Å². The van der Waals surface area contributed by atoms with Crippen LogP contribution in [0.15, 0.2) is 30.3 Å². The molecule has 5 nitrogen and oxygen atoms in total. The molecule has 1 N–H and O–H groups in total. The maximum absolute atomic E-state index is 12.4. The highest BCUT2D eigenvalue weighted by Gasteiger charge is 2.28. The van der Waals surface area contributed by atoms with Gasteiger partial charge in [0.15, 0.2) is 0 Å². The van der Waals surface area contributed by atoms with Gasteiger partial charge < -0.3 is 9.64 Å². The zero-order valence-corrected chi connectivity index (χ0v) is 14.3. The Balaban J connectivity index is 2.06. The smallest absolute Gasteiger partial charge is 0.212 e. The molecule has 0 bridgehead atoms. The predicted molar refractivity (Wildman–Crippen MR) is 88.2 cm³/mol. The highest BCUT2D eigenvalue weighted by atomic mass is 32.2. The van der Waals surface area contributed by atoms with Gasteiger partial charge >= 0.3 is 0 Å². The fourth-order valence-corrected chi connectivity index (χ4v) is 4.78. The van der Waals surface area contributed by atoms with Crippen molar-refractivity contribution in [2.45, 2.75) is 25.4 Å². The average Bonchev–Trinajstić information content (AvgIpc) is 2.90. The van der Waals surface area contributed by atoms with Crippen molar-refractivity contribution < 1.29 is 13.2 Å². The lowest BCUT2D eigenvalue weighted by Crippen LogP contribution is -2.44. The minimum Gasteiger partial charge on any atom is -0.381 e. The topological polar surface area (TPSA) is 58.6 Å². The van der Waals surface area contributed by atoms with Gasteiger partial charge in [-0.3, -0.25) is 0 Å². The van der Waals surface area contributed by atoms with Gasteiger partial charge in [-0.05, 0) is 38.9 Å². The molecule has 124 valence electrons. The van der Waals surface area contributed by atoms with Crippen molar-refractivity contribution in [2.24, 2.45) is 5.92 Å². The van der Waals surface area contributed by atoms with Crippen molar-refractivity contribution in [1.82, 2.24) is 9.62 Å². The summed E-state index contributed by atoms with van der Waals surface area (Å²) in [6, 6.07) is 9.76. The fraction of sp³-hybridized carbons (Fsp3) is 0.625. The molecule has 2 rings (SSSR count). The molecule has 6 heteroatoms. The summed E-state index contributed by atoms with van der Waals surface area (Å²) in [7, 11) is 0.624. The number of likely N-dealkylation sites (N-methyl/N-ethyl adjacent to an activating group) is 1. The summed E-state index contributed by atoms with van der Waals surface area (Å²) in [6.07, 6.45) is 0.824. The van der Waals surface area contributed by atoms with Crippen molar-refractivity contribution in [1.29, 1.82) is 0 Å². The lowest BCUT2D eigenvalue weighted by molar-refractivity contribution is 0.188. The number of nitrogens with one attached hydrogen (secondary N) is 1. The number of nitrogens with zero attached hydrogens (tertiary/aromatic N) is 1. The third kappa shape index (κ3) is 4.78. The van der Waals surface area contributed by atoms with E-state index in [-0.39, 0.29) is 23.8 Å². The number of benzene rings is 1. The first-order valence-electron chi connectivity index (χ1n) is 7.68. The fourth-order valence-electron chi connectivity index (χ4n) is 3.11. The third-order valence-electron chi connectivity index (χ3n) is 4.02. The van der Waals surface area contributed by atoms with Crippen molar-refractivity contribution in [3.8, 4) is 0 Å². The van der Waals surface area contributed by atoms with E-state index in [0.29, 0.717) is 13.2 Å². The second-order valence-corrected chi connectivity index (χ2v) is 8.04. The van der Waals surface area contributed by atoms with E-state index < -0.39 is 10.0 Å². The van der Waals surface area contributed by atoms with Crippen molar-refractivity contribution in [3.63, 3.8) is 0 Å². The van der Waals surface area contributed by atoms with Crippen LogP contribution in [0.2, 0.25) is 0 Å². The molecule has 0 radical (unpaired) electrons. The van der Waals surface area contributed by atoms with Crippen LogP contribution in [0.5, 0.6) is 0 Å². The molecule has 0 aliphatic carbocycles. The van der Waals surface area contributed by atoms with Gasteiger partial charge in [0.05, 0.1) is 18.4 Å². The number of sulfonamides is 1. The zero-order valence-electron chi connectivity index (χ0n) is 13.5. The predicted octanol–water partition coefficient (Wildman–Crippen LogP) is 1.63. The van der Waals surface area contributed by atoms with Gasteiger partial charge in [0.2, 0.25) is 10.0 Å². The van der Waals surface area contributed by atoms with Gasteiger partial charge in [0, 0.05) is 12.6 Å². The van der Waals surface area contributed by atoms with Gasteiger partial charge in [-0.15, -0.1) is 0 Å². The van der Waals surface area contributed by atoms with Crippen molar-refractivity contribution >= 4 is 10.0 Å². The monoisotopic (exact) mass is 326 g/mol. The molecule has 0 amide bonds. The van der Waals surface area contributed by atoms with Gasteiger partial charge in [-0.1, -0.05) is 30.3 Å². The second-order valence-electron chi connectivity index (χ2n) is 6.24.